The van der Waals surface area contributed by atoms with Gasteiger partial charge >= 0.3 is 0 Å². The van der Waals surface area contributed by atoms with Gasteiger partial charge in [-0.05, 0) is 24.3 Å². The van der Waals surface area contributed by atoms with Gasteiger partial charge in [0.15, 0.2) is 5.82 Å². The molecule has 1 aliphatic rings. The molecule has 1 amide bonds. The van der Waals surface area contributed by atoms with E-state index in [1.165, 1.54) is 37.4 Å². The summed E-state index contributed by atoms with van der Waals surface area (Å²) in [5.41, 5.74) is 0. The smallest absolute Gasteiger partial charge is 0.230 e. The minimum Gasteiger partial charge on any atom is -0.353 e. The zero-order valence-corrected chi connectivity index (χ0v) is 14.0. The Labute approximate surface area is 138 Å². The second-order valence-electron chi connectivity index (χ2n) is 5.49. The topological polar surface area (TPSA) is 70.7 Å². The monoisotopic (exact) mass is 336 g/mol. The first-order chi connectivity index (χ1) is 10.8. The zero-order chi connectivity index (χ0) is 15.2. The number of carbonyl (C=O) groups is 1. The van der Waals surface area contributed by atoms with Crippen LogP contribution in [0, 0.1) is 0 Å². The molecule has 0 spiro atoms. The van der Waals surface area contributed by atoms with E-state index < -0.39 is 0 Å². The molecule has 2 N–H and O–H groups in total. The molecule has 0 unspecified atom stereocenters. The fourth-order valence-electron chi connectivity index (χ4n) is 2.66. The number of hydrogen-bond acceptors (Lipinski definition) is 5. The Balaban J connectivity index is 1.46. The molecule has 0 aromatic carbocycles. The number of H-pyrrole nitrogens is 1. The van der Waals surface area contributed by atoms with Gasteiger partial charge in [-0.15, -0.1) is 16.4 Å². The number of hydrogen-bond donors (Lipinski definition) is 2. The summed E-state index contributed by atoms with van der Waals surface area (Å²) >= 11 is 3.00. The van der Waals surface area contributed by atoms with E-state index in [2.05, 4.69) is 20.5 Å². The third-order valence-electron chi connectivity index (χ3n) is 3.77. The van der Waals surface area contributed by atoms with E-state index in [0.29, 0.717) is 17.0 Å². The highest BCUT2D eigenvalue weighted by Crippen LogP contribution is 2.23. The van der Waals surface area contributed by atoms with Gasteiger partial charge in [0, 0.05) is 6.04 Å². The first kappa shape index (κ1) is 15.6. The van der Waals surface area contributed by atoms with Crippen molar-refractivity contribution in [2.24, 2.45) is 0 Å². The normalized spacial score (nSPS) is 16.4. The molecule has 0 saturated heterocycles. The summed E-state index contributed by atoms with van der Waals surface area (Å²) in [5, 5.41) is 12.8. The van der Waals surface area contributed by atoms with Crippen molar-refractivity contribution in [3.8, 4) is 10.7 Å². The third kappa shape index (κ3) is 4.33. The Kier molecular flexibility index (Phi) is 5.50. The number of nitrogens with zero attached hydrogens (tertiary/aromatic N) is 2. The van der Waals surface area contributed by atoms with Crippen LogP contribution in [-0.4, -0.2) is 32.9 Å². The summed E-state index contributed by atoms with van der Waals surface area (Å²) in [5.74, 6) is 1.22. The summed E-state index contributed by atoms with van der Waals surface area (Å²) in [6.07, 6.45) is 7.26. The van der Waals surface area contributed by atoms with Crippen LogP contribution in [0.5, 0.6) is 0 Å². The molecule has 5 nitrogen and oxygen atoms in total. The number of aromatic amines is 1. The van der Waals surface area contributed by atoms with Crippen molar-refractivity contribution in [3.05, 3.63) is 17.5 Å². The van der Waals surface area contributed by atoms with Crippen molar-refractivity contribution in [1.82, 2.24) is 20.5 Å². The fraction of sp³-hybridized carbons (Fsp3) is 0.533. The molecule has 22 heavy (non-hydrogen) atoms. The van der Waals surface area contributed by atoms with Crippen molar-refractivity contribution in [2.45, 2.75) is 49.7 Å². The van der Waals surface area contributed by atoms with Crippen molar-refractivity contribution in [3.63, 3.8) is 0 Å². The van der Waals surface area contributed by atoms with Crippen molar-refractivity contribution >= 4 is 29.0 Å². The van der Waals surface area contributed by atoms with Gasteiger partial charge in [-0.2, -0.15) is 0 Å². The van der Waals surface area contributed by atoms with E-state index in [1.807, 2.05) is 17.5 Å². The molecule has 0 radical (unpaired) electrons. The molecule has 0 bridgehead atoms. The number of thioether (sulfide) groups is 1. The number of thiophene rings is 1. The second-order valence-corrected chi connectivity index (χ2v) is 7.38. The SMILES string of the molecule is O=C(CSc1n[nH]c(-c2cccs2)n1)NC1CCCCCC1. The third-order valence-corrected chi connectivity index (χ3v) is 5.50. The molecule has 118 valence electrons. The van der Waals surface area contributed by atoms with E-state index in [9.17, 15) is 4.79 Å². The average Bonchev–Trinajstić information content (AvgIpc) is 3.14. The van der Waals surface area contributed by atoms with Crippen molar-refractivity contribution in [2.75, 3.05) is 5.75 Å². The van der Waals surface area contributed by atoms with Crippen LogP contribution in [-0.2, 0) is 4.79 Å². The van der Waals surface area contributed by atoms with Crippen LogP contribution < -0.4 is 5.32 Å². The molecule has 0 atom stereocenters. The lowest BCUT2D eigenvalue weighted by molar-refractivity contribution is -0.119. The van der Waals surface area contributed by atoms with E-state index in [1.54, 1.807) is 11.3 Å². The highest BCUT2D eigenvalue weighted by atomic mass is 32.2. The molecule has 2 aromatic rings. The lowest BCUT2D eigenvalue weighted by Crippen LogP contribution is -2.35. The van der Waals surface area contributed by atoms with Gasteiger partial charge in [-0.25, -0.2) is 4.98 Å². The maximum atomic E-state index is 12.0. The standard InChI is InChI=1S/C15H20N4OS2/c20-13(16-11-6-3-1-2-4-7-11)10-22-15-17-14(18-19-15)12-8-5-9-21-12/h5,8-9,11H,1-4,6-7,10H2,(H,16,20)(H,17,18,19). The predicted molar refractivity (Wildman–Crippen MR) is 90.1 cm³/mol. The fourth-order valence-corrected chi connectivity index (χ4v) is 3.93. The number of nitrogens with one attached hydrogen (secondary N) is 2. The first-order valence-corrected chi connectivity index (χ1v) is 9.56. The van der Waals surface area contributed by atoms with Gasteiger partial charge in [-0.3, -0.25) is 9.89 Å². The van der Waals surface area contributed by atoms with Crippen molar-refractivity contribution < 1.29 is 4.79 Å². The molecule has 1 aliphatic carbocycles. The largest absolute Gasteiger partial charge is 0.353 e. The molecule has 0 aliphatic heterocycles. The number of carbonyl (C=O) groups excluding carboxylic acids is 1. The van der Waals surface area contributed by atoms with Crippen LogP contribution in [0.3, 0.4) is 0 Å². The summed E-state index contributed by atoms with van der Waals surface area (Å²) in [6.45, 7) is 0. The van der Waals surface area contributed by atoms with Gasteiger partial charge in [0.1, 0.15) is 0 Å². The van der Waals surface area contributed by atoms with Gasteiger partial charge in [0.2, 0.25) is 11.1 Å². The van der Waals surface area contributed by atoms with E-state index in [4.69, 9.17) is 0 Å². The Hall–Kier alpha value is -1.34. The van der Waals surface area contributed by atoms with Crippen LogP contribution in [0.4, 0.5) is 0 Å². The predicted octanol–water partition coefficient (Wildman–Crippen LogP) is 3.46. The molecular weight excluding hydrogens is 316 g/mol. The Morgan fingerprint density at radius 3 is 2.91 bits per heavy atom. The quantitative estimate of drug-likeness (QED) is 0.648. The molecular formula is C15H20N4OS2. The maximum Gasteiger partial charge on any atom is 0.230 e. The second kappa shape index (κ2) is 7.78. The Bertz CT molecular complexity index is 588. The van der Waals surface area contributed by atoms with Crippen molar-refractivity contribution in [1.29, 1.82) is 0 Å². The minimum atomic E-state index is 0.0828. The molecule has 1 saturated carbocycles. The van der Waals surface area contributed by atoms with Gasteiger partial charge < -0.3 is 5.32 Å². The summed E-state index contributed by atoms with van der Waals surface area (Å²) in [7, 11) is 0. The number of aromatic nitrogens is 3. The van der Waals surface area contributed by atoms with Gasteiger partial charge in [0.05, 0.1) is 10.6 Å². The summed E-state index contributed by atoms with van der Waals surface area (Å²) in [4.78, 5) is 17.5. The summed E-state index contributed by atoms with van der Waals surface area (Å²) < 4.78 is 0. The zero-order valence-electron chi connectivity index (χ0n) is 12.4. The van der Waals surface area contributed by atoms with Crippen LogP contribution in [0.25, 0.3) is 10.7 Å². The number of rotatable bonds is 5. The van der Waals surface area contributed by atoms with Crippen LogP contribution in [0.1, 0.15) is 38.5 Å². The lowest BCUT2D eigenvalue weighted by Gasteiger charge is -2.15. The first-order valence-electron chi connectivity index (χ1n) is 7.70. The molecule has 2 aromatic heterocycles. The Morgan fingerprint density at radius 2 is 2.18 bits per heavy atom. The highest BCUT2D eigenvalue weighted by molar-refractivity contribution is 7.99. The maximum absolute atomic E-state index is 12.0. The van der Waals surface area contributed by atoms with E-state index in [0.717, 1.165) is 23.5 Å². The summed E-state index contributed by atoms with van der Waals surface area (Å²) in [6, 6.07) is 4.33. The Morgan fingerprint density at radius 1 is 1.36 bits per heavy atom. The average molecular weight is 336 g/mol. The van der Waals surface area contributed by atoms with E-state index >= 15 is 0 Å². The minimum absolute atomic E-state index is 0.0828. The van der Waals surface area contributed by atoms with Gasteiger partial charge in [-0.1, -0.05) is 43.5 Å². The van der Waals surface area contributed by atoms with Gasteiger partial charge in [0.25, 0.3) is 0 Å². The van der Waals surface area contributed by atoms with Crippen LogP contribution in [0.2, 0.25) is 0 Å². The highest BCUT2D eigenvalue weighted by Gasteiger charge is 2.15. The van der Waals surface area contributed by atoms with Crippen LogP contribution in [0.15, 0.2) is 22.7 Å². The number of amides is 1. The van der Waals surface area contributed by atoms with E-state index in [-0.39, 0.29) is 5.91 Å². The molecule has 7 heteroatoms. The molecule has 1 fully saturated rings. The van der Waals surface area contributed by atoms with Crippen LogP contribution >= 0.6 is 23.1 Å². The molecule has 3 rings (SSSR count). The molecule has 2 heterocycles. The lowest BCUT2D eigenvalue weighted by atomic mass is 10.1.